The van der Waals surface area contributed by atoms with Gasteiger partial charge in [-0.25, -0.2) is 5.01 Å². The number of aliphatic carboxylic acids is 1. The highest BCUT2D eigenvalue weighted by Crippen LogP contribution is 2.34. The molecule has 1 aliphatic rings. The number of nitrogens with zero attached hydrogens (tertiary/aromatic N) is 2. The van der Waals surface area contributed by atoms with Crippen LogP contribution in [0.4, 0.5) is 0 Å². The molecule has 7 heteroatoms. The Balaban J connectivity index is 1.91. The summed E-state index contributed by atoms with van der Waals surface area (Å²) in [6, 6.07) is 15.3. The minimum Gasteiger partial charge on any atom is -0.481 e. The van der Waals surface area contributed by atoms with E-state index >= 15 is 0 Å². The molecule has 0 spiro atoms. The van der Waals surface area contributed by atoms with Crippen molar-refractivity contribution in [1.82, 2.24) is 5.01 Å². The van der Waals surface area contributed by atoms with Gasteiger partial charge in [0.15, 0.2) is 0 Å². The predicted octanol–water partition coefficient (Wildman–Crippen LogP) is 4.75. The van der Waals surface area contributed by atoms with Crippen LogP contribution < -0.4 is 0 Å². The smallest absolute Gasteiger partial charge is 0.303 e. The van der Waals surface area contributed by atoms with Gasteiger partial charge in [0.1, 0.15) is 0 Å². The highest BCUT2D eigenvalue weighted by atomic mass is 79.9. The van der Waals surface area contributed by atoms with Gasteiger partial charge >= 0.3 is 5.97 Å². The van der Waals surface area contributed by atoms with Gasteiger partial charge in [-0.05, 0) is 35.4 Å². The Kier molecular flexibility index (Phi) is 5.88. The van der Waals surface area contributed by atoms with E-state index in [9.17, 15) is 9.59 Å². The van der Waals surface area contributed by atoms with E-state index in [4.69, 9.17) is 5.11 Å². The summed E-state index contributed by atoms with van der Waals surface area (Å²) in [5, 5.41) is 14.8. The summed E-state index contributed by atoms with van der Waals surface area (Å²) >= 11 is 6.87. The lowest BCUT2D eigenvalue weighted by Crippen LogP contribution is -2.27. The molecule has 1 aliphatic heterocycles. The lowest BCUT2D eigenvalue weighted by atomic mass is 9.98. The molecule has 0 saturated heterocycles. The van der Waals surface area contributed by atoms with Crippen molar-refractivity contribution in [2.45, 2.75) is 25.3 Å². The van der Waals surface area contributed by atoms with Crippen LogP contribution in [0.2, 0.25) is 0 Å². The van der Waals surface area contributed by atoms with Gasteiger partial charge in [0.2, 0.25) is 5.91 Å². The van der Waals surface area contributed by atoms with Gasteiger partial charge in [-0.15, -0.1) is 0 Å². The van der Waals surface area contributed by atoms with Crippen LogP contribution in [0.25, 0.3) is 0 Å². The molecule has 0 bridgehead atoms. The number of hydrogen-bond acceptors (Lipinski definition) is 3. The first-order valence-electron chi connectivity index (χ1n) is 8.07. The van der Waals surface area contributed by atoms with Gasteiger partial charge in [-0.1, -0.05) is 56.1 Å². The molecule has 0 aliphatic carbocycles. The van der Waals surface area contributed by atoms with E-state index in [2.05, 4.69) is 37.0 Å². The molecule has 1 N–H and O–H groups in total. The van der Waals surface area contributed by atoms with E-state index in [-0.39, 0.29) is 24.8 Å². The number of halogens is 2. The molecular formula is C19H16Br2N2O3. The van der Waals surface area contributed by atoms with Crippen LogP contribution in [0.5, 0.6) is 0 Å². The van der Waals surface area contributed by atoms with E-state index in [1.165, 1.54) is 5.01 Å². The number of carboxylic acid groups (broad SMARTS) is 1. The Labute approximate surface area is 168 Å². The Morgan fingerprint density at radius 2 is 1.81 bits per heavy atom. The second-order valence-corrected chi connectivity index (χ2v) is 7.79. The number of hydrazone groups is 1. The molecule has 0 unspecified atom stereocenters. The van der Waals surface area contributed by atoms with Crippen LogP contribution in [0.1, 0.15) is 36.4 Å². The van der Waals surface area contributed by atoms with Crippen LogP contribution in [-0.4, -0.2) is 27.7 Å². The summed E-state index contributed by atoms with van der Waals surface area (Å²) in [4.78, 5) is 23.4. The van der Waals surface area contributed by atoms with Crippen LogP contribution in [0.15, 0.2) is 62.6 Å². The molecule has 1 amide bonds. The van der Waals surface area contributed by atoms with Crippen molar-refractivity contribution in [3.05, 3.63) is 68.6 Å². The van der Waals surface area contributed by atoms with Crippen molar-refractivity contribution < 1.29 is 14.7 Å². The zero-order chi connectivity index (χ0) is 18.7. The molecular weight excluding hydrogens is 464 g/mol. The van der Waals surface area contributed by atoms with Gasteiger partial charge < -0.3 is 5.11 Å². The molecule has 26 heavy (non-hydrogen) atoms. The molecule has 0 fully saturated rings. The van der Waals surface area contributed by atoms with Crippen molar-refractivity contribution >= 4 is 49.4 Å². The number of amides is 1. The van der Waals surface area contributed by atoms with Gasteiger partial charge in [0.05, 0.1) is 18.2 Å². The Hall–Kier alpha value is -1.99. The third-order valence-electron chi connectivity index (χ3n) is 4.13. The van der Waals surface area contributed by atoms with Gasteiger partial charge in [0, 0.05) is 21.8 Å². The number of rotatable bonds is 5. The summed E-state index contributed by atoms with van der Waals surface area (Å²) in [6.07, 6.45) is 0.303. The summed E-state index contributed by atoms with van der Waals surface area (Å²) < 4.78 is 1.89. The topological polar surface area (TPSA) is 70.0 Å². The highest BCUT2D eigenvalue weighted by molar-refractivity contribution is 9.10. The summed E-state index contributed by atoms with van der Waals surface area (Å²) in [5.41, 5.74) is 2.71. The summed E-state index contributed by atoms with van der Waals surface area (Å²) in [5.74, 6) is -1.28. The second-order valence-electron chi connectivity index (χ2n) is 5.96. The Bertz CT molecular complexity index is 865. The normalized spacial score (nSPS) is 16.5. The highest BCUT2D eigenvalue weighted by Gasteiger charge is 2.33. The van der Waals surface area contributed by atoms with Crippen LogP contribution in [0.3, 0.4) is 0 Å². The molecule has 134 valence electrons. The fourth-order valence-corrected chi connectivity index (χ4v) is 3.54. The SMILES string of the molecule is O=C(O)CCC(=O)N1N=C(c2ccc(Br)cc2)C[C@H]1c1cccc(Br)c1. The number of carboxylic acids is 1. The fourth-order valence-electron chi connectivity index (χ4n) is 2.86. The summed E-state index contributed by atoms with van der Waals surface area (Å²) in [6.45, 7) is 0. The maximum absolute atomic E-state index is 12.6. The minimum absolute atomic E-state index is 0.0725. The number of benzene rings is 2. The largest absolute Gasteiger partial charge is 0.481 e. The lowest BCUT2D eigenvalue weighted by Gasteiger charge is -2.22. The number of carbonyl (C=O) groups is 2. The monoisotopic (exact) mass is 478 g/mol. The lowest BCUT2D eigenvalue weighted by molar-refractivity contribution is -0.141. The number of hydrogen-bond donors (Lipinski definition) is 1. The average molecular weight is 480 g/mol. The Morgan fingerprint density at radius 1 is 1.08 bits per heavy atom. The molecule has 5 nitrogen and oxygen atoms in total. The first-order valence-corrected chi connectivity index (χ1v) is 9.65. The van der Waals surface area contributed by atoms with Crippen molar-refractivity contribution in [3.63, 3.8) is 0 Å². The van der Waals surface area contributed by atoms with Crippen molar-refractivity contribution in [2.75, 3.05) is 0 Å². The zero-order valence-electron chi connectivity index (χ0n) is 13.7. The minimum atomic E-state index is -0.992. The molecule has 0 radical (unpaired) electrons. The molecule has 0 saturated carbocycles. The van der Waals surface area contributed by atoms with Crippen molar-refractivity contribution in [2.24, 2.45) is 5.10 Å². The van der Waals surface area contributed by atoms with Crippen LogP contribution in [0, 0.1) is 0 Å². The van der Waals surface area contributed by atoms with Crippen LogP contribution in [-0.2, 0) is 9.59 Å². The summed E-state index contributed by atoms with van der Waals surface area (Å²) in [7, 11) is 0. The van der Waals surface area contributed by atoms with Crippen LogP contribution >= 0.6 is 31.9 Å². The standard InChI is InChI=1S/C19H16Br2N2O3/c20-14-6-4-12(5-7-14)16-11-17(13-2-1-3-15(21)10-13)23(22-16)18(24)8-9-19(25)26/h1-7,10,17H,8-9,11H2,(H,25,26)/t17-/m0/s1. The van der Waals surface area contributed by atoms with Gasteiger partial charge in [-0.2, -0.15) is 5.10 Å². The molecule has 1 heterocycles. The molecule has 1 atom stereocenters. The first kappa shape index (κ1) is 18.8. The number of carbonyl (C=O) groups excluding carboxylic acids is 1. The second kappa shape index (κ2) is 8.14. The fraction of sp³-hybridized carbons (Fsp3) is 0.211. The first-order chi connectivity index (χ1) is 12.4. The van der Waals surface area contributed by atoms with E-state index in [1.807, 2.05) is 48.5 Å². The van der Waals surface area contributed by atoms with E-state index < -0.39 is 5.97 Å². The zero-order valence-corrected chi connectivity index (χ0v) is 16.9. The predicted molar refractivity (Wildman–Crippen MR) is 106 cm³/mol. The third-order valence-corrected chi connectivity index (χ3v) is 5.15. The van der Waals surface area contributed by atoms with E-state index in [0.717, 1.165) is 25.8 Å². The molecule has 0 aromatic heterocycles. The van der Waals surface area contributed by atoms with E-state index in [1.54, 1.807) is 0 Å². The quantitative estimate of drug-likeness (QED) is 0.672. The molecule has 2 aromatic rings. The van der Waals surface area contributed by atoms with Crippen molar-refractivity contribution in [1.29, 1.82) is 0 Å². The van der Waals surface area contributed by atoms with Gasteiger partial charge in [-0.3, -0.25) is 9.59 Å². The third kappa shape index (κ3) is 4.40. The van der Waals surface area contributed by atoms with E-state index in [0.29, 0.717) is 6.42 Å². The maximum Gasteiger partial charge on any atom is 0.303 e. The van der Waals surface area contributed by atoms with Gasteiger partial charge in [0.25, 0.3) is 0 Å². The molecule has 3 rings (SSSR count). The molecule has 2 aromatic carbocycles. The average Bonchev–Trinajstić information content (AvgIpc) is 3.05. The Morgan fingerprint density at radius 3 is 2.46 bits per heavy atom. The van der Waals surface area contributed by atoms with Crippen molar-refractivity contribution in [3.8, 4) is 0 Å². The maximum atomic E-state index is 12.6.